The quantitative estimate of drug-likeness (QED) is 0.714. The van der Waals surface area contributed by atoms with Crippen LogP contribution in [0.4, 0.5) is 0 Å². The molecule has 3 heteroatoms. The van der Waals surface area contributed by atoms with E-state index in [1.54, 1.807) is 7.11 Å². The van der Waals surface area contributed by atoms with E-state index in [1.165, 1.54) is 0 Å². The van der Waals surface area contributed by atoms with E-state index in [-0.39, 0.29) is 5.38 Å². The first kappa shape index (κ1) is 13.4. The van der Waals surface area contributed by atoms with Crippen molar-refractivity contribution in [2.75, 3.05) is 7.11 Å². The van der Waals surface area contributed by atoms with Crippen LogP contribution in [0.1, 0.15) is 22.1 Å². The van der Waals surface area contributed by atoms with Crippen LogP contribution in [0.3, 0.4) is 0 Å². The van der Waals surface area contributed by atoms with Crippen molar-refractivity contribution in [2.45, 2.75) is 12.3 Å². The molecule has 0 saturated carbocycles. The van der Waals surface area contributed by atoms with Crippen LogP contribution in [0, 0.1) is 6.92 Å². The number of rotatable bonds is 3. The van der Waals surface area contributed by atoms with Crippen molar-refractivity contribution in [2.24, 2.45) is 0 Å². The van der Waals surface area contributed by atoms with Gasteiger partial charge in [0, 0.05) is 4.47 Å². The minimum absolute atomic E-state index is 0.136. The molecule has 1 nitrogen and oxygen atoms in total. The maximum Gasteiger partial charge on any atom is 0.121 e. The smallest absolute Gasteiger partial charge is 0.121 e. The summed E-state index contributed by atoms with van der Waals surface area (Å²) in [6.07, 6.45) is 0. The summed E-state index contributed by atoms with van der Waals surface area (Å²) in [5.74, 6) is 0.887. The molecule has 0 spiro atoms. The number of hydrogen-bond donors (Lipinski definition) is 0. The third-order valence-corrected chi connectivity index (χ3v) is 3.91. The van der Waals surface area contributed by atoms with Gasteiger partial charge in [0.05, 0.1) is 12.5 Å². The van der Waals surface area contributed by atoms with Gasteiger partial charge in [-0.05, 0) is 41.8 Å². The summed E-state index contributed by atoms with van der Waals surface area (Å²) in [4.78, 5) is 0. The predicted octanol–water partition coefficient (Wildman–Crippen LogP) is 5.09. The number of halogens is 2. The zero-order valence-corrected chi connectivity index (χ0v) is 12.6. The Labute approximate surface area is 121 Å². The number of alkyl halides is 1. The number of ether oxygens (including phenoxy) is 1. The van der Waals surface area contributed by atoms with Gasteiger partial charge in [0.15, 0.2) is 0 Å². The highest BCUT2D eigenvalue weighted by atomic mass is 79.9. The summed E-state index contributed by atoms with van der Waals surface area (Å²) in [5, 5.41) is -0.136. The molecular formula is C15H14BrClO. The fourth-order valence-corrected chi connectivity index (χ4v) is 2.43. The third kappa shape index (κ3) is 2.88. The van der Waals surface area contributed by atoms with Gasteiger partial charge in [0.2, 0.25) is 0 Å². The number of aryl methyl sites for hydroxylation is 1. The van der Waals surface area contributed by atoms with Crippen molar-refractivity contribution in [3.05, 3.63) is 63.6 Å². The molecule has 0 radical (unpaired) electrons. The SMILES string of the molecule is COc1ccc(C(Cl)c2ccc(Br)cc2)cc1C. The Morgan fingerprint density at radius 1 is 1.06 bits per heavy atom. The average Bonchev–Trinajstić information content (AvgIpc) is 2.38. The molecule has 1 unspecified atom stereocenters. The van der Waals surface area contributed by atoms with E-state index < -0.39 is 0 Å². The molecular weight excluding hydrogens is 312 g/mol. The zero-order valence-electron chi connectivity index (χ0n) is 10.3. The van der Waals surface area contributed by atoms with Crippen LogP contribution in [0.15, 0.2) is 46.9 Å². The fraction of sp³-hybridized carbons (Fsp3) is 0.200. The second-order valence-electron chi connectivity index (χ2n) is 4.14. The second kappa shape index (κ2) is 5.77. The Morgan fingerprint density at radius 3 is 2.22 bits per heavy atom. The highest BCUT2D eigenvalue weighted by Crippen LogP contribution is 2.32. The molecule has 94 valence electrons. The summed E-state index contributed by atoms with van der Waals surface area (Å²) in [5.41, 5.74) is 3.26. The highest BCUT2D eigenvalue weighted by molar-refractivity contribution is 9.10. The van der Waals surface area contributed by atoms with Crippen LogP contribution in [0.5, 0.6) is 5.75 Å². The Balaban J connectivity index is 2.31. The van der Waals surface area contributed by atoms with Gasteiger partial charge in [-0.2, -0.15) is 0 Å². The molecule has 2 rings (SSSR count). The van der Waals surface area contributed by atoms with Crippen molar-refractivity contribution in [1.29, 1.82) is 0 Å². The standard InChI is InChI=1S/C15H14BrClO/c1-10-9-12(5-8-14(10)18-2)15(17)11-3-6-13(16)7-4-11/h3-9,15H,1-2H3. The molecule has 18 heavy (non-hydrogen) atoms. The van der Waals surface area contributed by atoms with E-state index in [0.29, 0.717) is 0 Å². The van der Waals surface area contributed by atoms with Crippen molar-refractivity contribution in [1.82, 2.24) is 0 Å². The lowest BCUT2D eigenvalue weighted by Crippen LogP contribution is -1.95. The zero-order chi connectivity index (χ0) is 13.1. The lowest BCUT2D eigenvalue weighted by Gasteiger charge is -2.13. The second-order valence-corrected chi connectivity index (χ2v) is 5.50. The molecule has 0 heterocycles. The topological polar surface area (TPSA) is 9.23 Å². The third-order valence-electron chi connectivity index (χ3n) is 2.87. The lowest BCUT2D eigenvalue weighted by molar-refractivity contribution is 0.411. The van der Waals surface area contributed by atoms with Crippen LogP contribution >= 0.6 is 27.5 Å². The minimum atomic E-state index is -0.136. The molecule has 0 saturated heterocycles. The molecule has 0 aliphatic rings. The van der Waals surface area contributed by atoms with Gasteiger partial charge in [-0.25, -0.2) is 0 Å². The van der Waals surface area contributed by atoms with Crippen molar-refractivity contribution >= 4 is 27.5 Å². The van der Waals surface area contributed by atoms with Gasteiger partial charge in [-0.15, -0.1) is 11.6 Å². The predicted molar refractivity (Wildman–Crippen MR) is 79.6 cm³/mol. The molecule has 0 bridgehead atoms. The minimum Gasteiger partial charge on any atom is -0.496 e. The van der Waals surface area contributed by atoms with Crippen LogP contribution < -0.4 is 4.74 Å². The molecule has 0 amide bonds. The van der Waals surface area contributed by atoms with E-state index in [0.717, 1.165) is 26.9 Å². The summed E-state index contributed by atoms with van der Waals surface area (Å²) >= 11 is 9.92. The van der Waals surface area contributed by atoms with Gasteiger partial charge >= 0.3 is 0 Å². The van der Waals surface area contributed by atoms with E-state index in [1.807, 2.05) is 43.3 Å². The normalized spacial score (nSPS) is 12.2. The lowest BCUT2D eigenvalue weighted by atomic mass is 10.0. The molecule has 2 aromatic carbocycles. The Hall–Kier alpha value is -0.990. The Kier molecular flexibility index (Phi) is 4.31. The maximum absolute atomic E-state index is 6.50. The molecule has 0 aliphatic heterocycles. The van der Waals surface area contributed by atoms with Gasteiger partial charge in [-0.1, -0.05) is 40.2 Å². The van der Waals surface area contributed by atoms with Gasteiger partial charge in [-0.3, -0.25) is 0 Å². The first-order valence-corrected chi connectivity index (χ1v) is 6.89. The van der Waals surface area contributed by atoms with Crippen LogP contribution in [0.2, 0.25) is 0 Å². The van der Waals surface area contributed by atoms with Crippen molar-refractivity contribution in [3.63, 3.8) is 0 Å². The highest BCUT2D eigenvalue weighted by Gasteiger charge is 2.12. The van der Waals surface area contributed by atoms with Crippen molar-refractivity contribution < 1.29 is 4.74 Å². The van der Waals surface area contributed by atoms with Gasteiger partial charge < -0.3 is 4.74 Å². The van der Waals surface area contributed by atoms with E-state index in [9.17, 15) is 0 Å². The summed E-state index contributed by atoms with van der Waals surface area (Å²) < 4.78 is 6.31. The van der Waals surface area contributed by atoms with Gasteiger partial charge in [0.1, 0.15) is 5.75 Å². The molecule has 0 aromatic heterocycles. The molecule has 0 N–H and O–H groups in total. The monoisotopic (exact) mass is 324 g/mol. The molecule has 0 aliphatic carbocycles. The van der Waals surface area contributed by atoms with Crippen molar-refractivity contribution in [3.8, 4) is 5.75 Å². The summed E-state index contributed by atoms with van der Waals surface area (Å²) in [6.45, 7) is 2.02. The van der Waals surface area contributed by atoms with Crippen LogP contribution in [-0.4, -0.2) is 7.11 Å². The maximum atomic E-state index is 6.50. The summed E-state index contributed by atoms with van der Waals surface area (Å²) in [7, 11) is 1.68. The molecule has 2 aromatic rings. The fourth-order valence-electron chi connectivity index (χ4n) is 1.88. The van der Waals surface area contributed by atoms with Gasteiger partial charge in [0.25, 0.3) is 0 Å². The van der Waals surface area contributed by atoms with E-state index in [2.05, 4.69) is 22.0 Å². The summed E-state index contributed by atoms with van der Waals surface area (Å²) in [6, 6.07) is 14.1. The van der Waals surface area contributed by atoms with E-state index >= 15 is 0 Å². The first-order valence-electron chi connectivity index (χ1n) is 5.66. The van der Waals surface area contributed by atoms with Crippen LogP contribution in [0.25, 0.3) is 0 Å². The average molecular weight is 326 g/mol. The van der Waals surface area contributed by atoms with E-state index in [4.69, 9.17) is 16.3 Å². The number of hydrogen-bond acceptors (Lipinski definition) is 1. The number of benzene rings is 2. The molecule has 1 atom stereocenters. The molecule has 0 fully saturated rings. The first-order chi connectivity index (χ1) is 8.61. The van der Waals surface area contributed by atoms with Crippen LogP contribution in [-0.2, 0) is 0 Å². The largest absolute Gasteiger partial charge is 0.496 e. The number of methoxy groups -OCH3 is 1. The Bertz CT molecular complexity index is 537. The Morgan fingerprint density at radius 2 is 1.67 bits per heavy atom.